The van der Waals surface area contributed by atoms with Crippen LogP contribution in [-0.4, -0.2) is 24.0 Å². The van der Waals surface area contributed by atoms with Crippen LogP contribution >= 0.6 is 11.8 Å². The molecule has 0 radical (unpaired) electrons. The fourth-order valence-corrected chi connectivity index (χ4v) is 2.33. The van der Waals surface area contributed by atoms with Crippen molar-refractivity contribution in [3.8, 4) is 0 Å². The first-order chi connectivity index (χ1) is 8.91. The number of thioether (sulfide) groups is 1. The van der Waals surface area contributed by atoms with Gasteiger partial charge in [-0.15, -0.1) is 0 Å². The van der Waals surface area contributed by atoms with E-state index in [-0.39, 0.29) is 11.6 Å². The number of carbonyl (C=O) groups excluding carboxylic acids is 1. The highest BCUT2D eigenvalue weighted by molar-refractivity contribution is 7.98. The molecule has 2 N–H and O–H groups in total. The summed E-state index contributed by atoms with van der Waals surface area (Å²) < 4.78 is 37.7. The van der Waals surface area contributed by atoms with E-state index in [4.69, 9.17) is 0 Å². The lowest BCUT2D eigenvalue weighted by molar-refractivity contribution is -0.137. The number of anilines is 2. The third-order valence-corrected chi connectivity index (χ3v) is 3.51. The van der Waals surface area contributed by atoms with Crippen LogP contribution in [0.25, 0.3) is 0 Å². The zero-order valence-electron chi connectivity index (χ0n) is 10.2. The standard InChI is InChI=1S/C12H13F3N2OS/c1-19-5-4-9-11(18)17-10-6-7(12(13,14)15)2-3-8(10)16-9/h2-3,6,9,16H,4-5H2,1H3,(H,17,18). The molecule has 0 saturated heterocycles. The Morgan fingerprint density at radius 1 is 1.32 bits per heavy atom. The Balaban J connectivity index is 2.21. The molecule has 1 aliphatic heterocycles. The van der Waals surface area contributed by atoms with Crippen molar-refractivity contribution < 1.29 is 18.0 Å². The maximum absolute atomic E-state index is 12.6. The van der Waals surface area contributed by atoms with Crippen LogP contribution in [0.1, 0.15) is 12.0 Å². The van der Waals surface area contributed by atoms with Crippen molar-refractivity contribution in [2.24, 2.45) is 0 Å². The Bertz CT molecular complexity index is 490. The molecule has 0 spiro atoms. The van der Waals surface area contributed by atoms with Crippen molar-refractivity contribution in [3.63, 3.8) is 0 Å². The minimum atomic E-state index is -4.41. The number of alkyl halides is 3. The SMILES string of the molecule is CSCCC1Nc2ccc(C(F)(F)F)cc2NC1=O. The number of carbonyl (C=O) groups is 1. The molecule has 19 heavy (non-hydrogen) atoms. The van der Waals surface area contributed by atoms with Crippen molar-refractivity contribution in [3.05, 3.63) is 23.8 Å². The lowest BCUT2D eigenvalue weighted by atomic mass is 10.1. The van der Waals surface area contributed by atoms with Crippen LogP contribution in [0.2, 0.25) is 0 Å². The third-order valence-electron chi connectivity index (χ3n) is 2.86. The van der Waals surface area contributed by atoms with Crippen LogP contribution in [0.3, 0.4) is 0 Å². The quantitative estimate of drug-likeness (QED) is 0.898. The minimum Gasteiger partial charge on any atom is -0.372 e. The van der Waals surface area contributed by atoms with Crippen molar-refractivity contribution in [2.45, 2.75) is 18.6 Å². The summed E-state index contributed by atoms with van der Waals surface area (Å²) in [5, 5.41) is 5.49. The molecule has 1 amide bonds. The average Bonchev–Trinajstić information content (AvgIpc) is 2.34. The van der Waals surface area contributed by atoms with E-state index in [0.717, 1.165) is 17.9 Å². The van der Waals surface area contributed by atoms with Gasteiger partial charge in [0.2, 0.25) is 5.91 Å². The van der Waals surface area contributed by atoms with E-state index in [1.807, 2.05) is 6.26 Å². The first kappa shape index (κ1) is 14.0. The number of amides is 1. The first-order valence-electron chi connectivity index (χ1n) is 5.69. The number of rotatable bonds is 3. The van der Waals surface area contributed by atoms with Gasteiger partial charge in [0.25, 0.3) is 0 Å². The second-order valence-corrected chi connectivity index (χ2v) is 5.21. The van der Waals surface area contributed by atoms with Crippen LogP contribution in [0, 0.1) is 0 Å². The molecular formula is C12H13F3N2OS. The number of benzene rings is 1. The van der Waals surface area contributed by atoms with E-state index in [9.17, 15) is 18.0 Å². The molecule has 3 nitrogen and oxygen atoms in total. The molecule has 1 aromatic rings. The molecule has 1 aromatic carbocycles. The Labute approximate surface area is 112 Å². The van der Waals surface area contributed by atoms with Gasteiger partial charge in [-0.25, -0.2) is 0 Å². The summed E-state index contributed by atoms with van der Waals surface area (Å²) in [4.78, 5) is 11.8. The van der Waals surface area contributed by atoms with Crippen LogP contribution < -0.4 is 10.6 Å². The molecule has 2 rings (SSSR count). The highest BCUT2D eigenvalue weighted by Gasteiger charge is 2.33. The zero-order valence-corrected chi connectivity index (χ0v) is 11.0. The monoisotopic (exact) mass is 290 g/mol. The van der Waals surface area contributed by atoms with Crippen molar-refractivity contribution >= 4 is 29.0 Å². The maximum Gasteiger partial charge on any atom is 0.416 e. The van der Waals surface area contributed by atoms with Crippen molar-refractivity contribution in [1.29, 1.82) is 0 Å². The summed E-state index contributed by atoms with van der Waals surface area (Å²) in [5.41, 5.74) is -0.0603. The Morgan fingerprint density at radius 3 is 2.68 bits per heavy atom. The van der Waals surface area contributed by atoms with E-state index in [0.29, 0.717) is 12.1 Å². The van der Waals surface area contributed by atoms with Crippen molar-refractivity contribution in [1.82, 2.24) is 0 Å². The van der Waals surface area contributed by atoms with Gasteiger partial charge in [0.15, 0.2) is 0 Å². The minimum absolute atomic E-state index is 0.181. The Kier molecular flexibility index (Phi) is 3.93. The molecule has 0 bridgehead atoms. The Hall–Kier alpha value is -1.37. The molecule has 0 aromatic heterocycles. The molecule has 1 aliphatic rings. The second-order valence-electron chi connectivity index (χ2n) is 4.23. The molecule has 104 valence electrons. The number of fused-ring (bicyclic) bond motifs is 1. The maximum atomic E-state index is 12.6. The Morgan fingerprint density at radius 2 is 2.05 bits per heavy atom. The predicted octanol–water partition coefficient (Wildman–Crippen LogP) is 3.19. The largest absolute Gasteiger partial charge is 0.416 e. The van der Waals surface area contributed by atoms with E-state index >= 15 is 0 Å². The normalized spacial score (nSPS) is 18.5. The molecule has 1 unspecified atom stereocenters. The van der Waals surface area contributed by atoms with Gasteiger partial charge >= 0.3 is 6.18 Å². The summed E-state index contributed by atoms with van der Waals surface area (Å²) in [6, 6.07) is 2.92. The summed E-state index contributed by atoms with van der Waals surface area (Å²) >= 11 is 1.62. The predicted molar refractivity (Wildman–Crippen MR) is 70.5 cm³/mol. The number of hydrogen-bond acceptors (Lipinski definition) is 3. The summed E-state index contributed by atoms with van der Waals surface area (Å²) in [6.07, 6.45) is -1.84. The highest BCUT2D eigenvalue weighted by atomic mass is 32.2. The smallest absolute Gasteiger partial charge is 0.372 e. The van der Waals surface area contributed by atoms with Crippen LogP contribution in [0.4, 0.5) is 24.5 Å². The molecule has 0 saturated carbocycles. The van der Waals surface area contributed by atoms with Gasteiger partial charge in [-0.05, 0) is 36.6 Å². The van der Waals surface area contributed by atoms with Gasteiger partial charge in [0.1, 0.15) is 6.04 Å². The van der Waals surface area contributed by atoms with Crippen LogP contribution in [-0.2, 0) is 11.0 Å². The van der Waals surface area contributed by atoms with E-state index < -0.39 is 17.8 Å². The van der Waals surface area contributed by atoms with Gasteiger partial charge in [-0.1, -0.05) is 0 Å². The summed E-state index contributed by atoms with van der Waals surface area (Å²) in [6.45, 7) is 0. The molecule has 0 fully saturated rings. The van der Waals surface area contributed by atoms with E-state index in [2.05, 4.69) is 10.6 Å². The van der Waals surface area contributed by atoms with Gasteiger partial charge in [-0.2, -0.15) is 24.9 Å². The molecule has 1 heterocycles. The molecule has 7 heteroatoms. The van der Waals surface area contributed by atoms with E-state index in [1.165, 1.54) is 6.07 Å². The topological polar surface area (TPSA) is 41.1 Å². The van der Waals surface area contributed by atoms with E-state index in [1.54, 1.807) is 11.8 Å². The highest BCUT2D eigenvalue weighted by Crippen LogP contribution is 2.35. The van der Waals surface area contributed by atoms with Gasteiger partial charge in [0.05, 0.1) is 16.9 Å². The fraction of sp³-hybridized carbons (Fsp3) is 0.417. The lowest BCUT2D eigenvalue weighted by Gasteiger charge is -2.27. The number of hydrogen-bond donors (Lipinski definition) is 2. The van der Waals surface area contributed by atoms with Crippen LogP contribution in [0.5, 0.6) is 0 Å². The summed E-state index contributed by atoms with van der Waals surface area (Å²) in [5.74, 6) is 0.516. The molecule has 1 atom stereocenters. The zero-order chi connectivity index (χ0) is 14.0. The van der Waals surface area contributed by atoms with Gasteiger partial charge in [-0.3, -0.25) is 4.79 Å². The summed E-state index contributed by atoms with van der Waals surface area (Å²) in [7, 11) is 0. The third kappa shape index (κ3) is 3.15. The van der Waals surface area contributed by atoms with Gasteiger partial charge in [0, 0.05) is 0 Å². The second kappa shape index (κ2) is 5.32. The lowest BCUT2D eigenvalue weighted by Crippen LogP contribution is -2.39. The average molecular weight is 290 g/mol. The van der Waals surface area contributed by atoms with Gasteiger partial charge < -0.3 is 10.6 Å². The fourth-order valence-electron chi connectivity index (χ4n) is 1.86. The molecule has 0 aliphatic carbocycles. The number of nitrogens with one attached hydrogen (secondary N) is 2. The number of halogens is 3. The first-order valence-corrected chi connectivity index (χ1v) is 7.09. The van der Waals surface area contributed by atoms with Crippen LogP contribution in [0.15, 0.2) is 18.2 Å². The van der Waals surface area contributed by atoms with Crippen molar-refractivity contribution in [2.75, 3.05) is 22.6 Å². The molecular weight excluding hydrogens is 277 g/mol.